The fourth-order valence-corrected chi connectivity index (χ4v) is 6.31. The first-order valence-corrected chi connectivity index (χ1v) is 13.1. The lowest BCUT2D eigenvalue weighted by molar-refractivity contribution is 0.102. The van der Waals surface area contributed by atoms with Gasteiger partial charge in [-0.3, -0.25) is 10.1 Å². The molecule has 0 saturated carbocycles. The summed E-state index contributed by atoms with van der Waals surface area (Å²) < 4.78 is 29.7. The fraction of sp³-hybridized carbons (Fsp3) is 0.364. The first-order chi connectivity index (χ1) is 14.6. The molecule has 166 valence electrons. The lowest BCUT2D eigenvalue weighted by Crippen LogP contribution is -2.37. The molecule has 2 aromatic carbocycles. The summed E-state index contributed by atoms with van der Waals surface area (Å²) >= 11 is 4.81. The Bertz CT molecular complexity index is 1160. The molecule has 0 atom stereocenters. The Balaban J connectivity index is 1.78. The molecule has 0 unspecified atom stereocenters. The number of hydrogen-bond donors (Lipinski definition) is 1. The third-order valence-corrected chi connectivity index (χ3v) is 7.74. The number of nitrogens with one attached hydrogen (secondary N) is 1. The number of amides is 1. The zero-order valence-corrected chi connectivity index (χ0v) is 21.1. The van der Waals surface area contributed by atoms with Crippen molar-refractivity contribution >= 4 is 58.5 Å². The molecule has 3 aromatic rings. The highest BCUT2D eigenvalue weighted by atomic mass is 79.9. The van der Waals surface area contributed by atoms with Gasteiger partial charge in [0, 0.05) is 23.1 Å². The molecule has 1 heterocycles. The number of anilines is 1. The van der Waals surface area contributed by atoms with E-state index in [0.717, 1.165) is 14.7 Å². The minimum absolute atomic E-state index is 0.190. The standard InChI is InChI=1S/C22H26BrN3O3S2/c1-14(2)12-26(13-15(3)4)31(28,29)18-8-5-16(6-9-18)21(27)25-22-24-19-10-7-17(23)11-20(19)30-22/h5-11,14-15H,12-13H2,1-4H3,(H,24,25,27). The van der Waals surface area contributed by atoms with Crippen LogP contribution in [-0.4, -0.2) is 36.7 Å². The number of carbonyl (C=O) groups is 1. The maximum absolute atomic E-state index is 13.1. The van der Waals surface area contributed by atoms with Crippen molar-refractivity contribution < 1.29 is 13.2 Å². The molecular formula is C22H26BrN3O3S2. The van der Waals surface area contributed by atoms with Gasteiger partial charge < -0.3 is 0 Å². The number of thiazole rings is 1. The number of sulfonamides is 1. The molecule has 1 amide bonds. The van der Waals surface area contributed by atoms with Crippen LogP contribution in [-0.2, 0) is 10.0 Å². The van der Waals surface area contributed by atoms with Crippen LogP contribution in [0.25, 0.3) is 10.2 Å². The summed E-state index contributed by atoms with van der Waals surface area (Å²) in [5.74, 6) is 0.101. The van der Waals surface area contributed by atoms with E-state index in [1.54, 1.807) is 0 Å². The number of benzene rings is 2. The van der Waals surface area contributed by atoms with E-state index < -0.39 is 10.0 Å². The molecule has 6 nitrogen and oxygen atoms in total. The lowest BCUT2D eigenvalue weighted by atomic mass is 10.2. The predicted octanol–water partition coefficient (Wildman–Crippen LogP) is 5.61. The molecule has 0 aliphatic carbocycles. The molecule has 1 aromatic heterocycles. The molecule has 0 aliphatic rings. The summed E-state index contributed by atoms with van der Waals surface area (Å²) in [4.78, 5) is 17.2. The van der Waals surface area contributed by atoms with Crippen LogP contribution in [0.5, 0.6) is 0 Å². The van der Waals surface area contributed by atoms with Gasteiger partial charge in [-0.15, -0.1) is 0 Å². The van der Waals surface area contributed by atoms with Crippen molar-refractivity contribution in [2.24, 2.45) is 11.8 Å². The van der Waals surface area contributed by atoms with E-state index in [9.17, 15) is 13.2 Å². The SMILES string of the molecule is CC(C)CN(CC(C)C)S(=O)(=O)c1ccc(C(=O)Nc2nc3ccc(Br)cc3s2)cc1. The fourth-order valence-electron chi connectivity index (χ4n) is 3.13. The number of halogens is 1. The Morgan fingerprint density at radius 2 is 1.68 bits per heavy atom. The summed E-state index contributed by atoms with van der Waals surface area (Å²) in [7, 11) is -3.63. The van der Waals surface area contributed by atoms with E-state index in [1.165, 1.54) is 39.9 Å². The van der Waals surface area contributed by atoms with Crippen molar-refractivity contribution in [3.05, 3.63) is 52.5 Å². The molecule has 0 aliphatic heterocycles. The third-order valence-electron chi connectivity index (χ3n) is 4.46. The average molecular weight is 525 g/mol. The summed E-state index contributed by atoms with van der Waals surface area (Å²) in [5, 5.41) is 3.29. The minimum atomic E-state index is -3.63. The van der Waals surface area contributed by atoms with E-state index >= 15 is 0 Å². The average Bonchev–Trinajstić information content (AvgIpc) is 3.08. The second-order valence-electron chi connectivity index (χ2n) is 8.22. The Morgan fingerprint density at radius 3 is 2.26 bits per heavy atom. The summed E-state index contributed by atoms with van der Waals surface area (Å²) in [6, 6.07) is 11.8. The molecular weight excluding hydrogens is 498 g/mol. The van der Waals surface area contributed by atoms with Crippen molar-refractivity contribution in [3.8, 4) is 0 Å². The zero-order chi connectivity index (χ0) is 22.8. The molecule has 0 bridgehead atoms. The molecule has 9 heteroatoms. The summed E-state index contributed by atoms with van der Waals surface area (Å²) in [5.41, 5.74) is 1.18. The van der Waals surface area contributed by atoms with Crippen molar-refractivity contribution in [3.63, 3.8) is 0 Å². The Kier molecular flexibility index (Phi) is 7.51. The highest BCUT2D eigenvalue weighted by Crippen LogP contribution is 2.29. The van der Waals surface area contributed by atoms with Crippen LogP contribution in [0, 0.1) is 11.8 Å². The van der Waals surface area contributed by atoms with Crippen molar-refractivity contribution in [1.82, 2.24) is 9.29 Å². The van der Waals surface area contributed by atoms with Crippen LogP contribution in [0.15, 0.2) is 51.8 Å². The monoisotopic (exact) mass is 523 g/mol. The van der Waals surface area contributed by atoms with Gasteiger partial charge in [-0.25, -0.2) is 13.4 Å². The Hall–Kier alpha value is -1.81. The van der Waals surface area contributed by atoms with Gasteiger partial charge in [0.15, 0.2) is 5.13 Å². The lowest BCUT2D eigenvalue weighted by Gasteiger charge is -2.25. The number of nitrogens with zero attached hydrogens (tertiary/aromatic N) is 2. The van der Waals surface area contributed by atoms with Crippen molar-refractivity contribution in [1.29, 1.82) is 0 Å². The smallest absolute Gasteiger partial charge is 0.257 e. The first-order valence-electron chi connectivity index (χ1n) is 10.0. The van der Waals surface area contributed by atoms with Gasteiger partial charge in [-0.1, -0.05) is 55.0 Å². The number of aromatic nitrogens is 1. The second-order valence-corrected chi connectivity index (χ2v) is 12.1. The molecule has 31 heavy (non-hydrogen) atoms. The Labute approximate surface area is 195 Å². The number of rotatable bonds is 8. The van der Waals surface area contributed by atoms with Crippen LogP contribution in [0.1, 0.15) is 38.1 Å². The van der Waals surface area contributed by atoms with E-state index in [-0.39, 0.29) is 22.6 Å². The molecule has 3 rings (SSSR count). The number of hydrogen-bond acceptors (Lipinski definition) is 5. The van der Waals surface area contributed by atoms with Crippen LogP contribution in [0.4, 0.5) is 5.13 Å². The second kappa shape index (κ2) is 9.77. The molecule has 0 saturated heterocycles. The largest absolute Gasteiger partial charge is 0.298 e. The summed E-state index contributed by atoms with van der Waals surface area (Å²) in [6.45, 7) is 8.90. The number of fused-ring (bicyclic) bond motifs is 1. The quantitative estimate of drug-likeness (QED) is 0.415. The van der Waals surface area contributed by atoms with Gasteiger partial charge in [-0.2, -0.15) is 4.31 Å². The van der Waals surface area contributed by atoms with Crippen LogP contribution < -0.4 is 5.32 Å². The maximum Gasteiger partial charge on any atom is 0.257 e. The molecule has 0 spiro atoms. The highest BCUT2D eigenvalue weighted by molar-refractivity contribution is 9.10. The van der Waals surface area contributed by atoms with Gasteiger partial charge in [0.2, 0.25) is 10.0 Å². The Morgan fingerprint density at radius 1 is 1.06 bits per heavy atom. The van der Waals surface area contributed by atoms with Gasteiger partial charge in [0.25, 0.3) is 5.91 Å². The van der Waals surface area contributed by atoms with Gasteiger partial charge in [0.05, 0.1) is 15.1 Å². The van der Waals surface area contributed by atoms with E-state index in [0.29, 0.717) is 23.8 Å². The van der Waals surface area contributed by atoms with E-state index in [2.05, 4.69) is 26.2 Å². The van der Waals surface area contributed by atoms with E-state index in [4.69, 9.17) is 0 Å². The van der Waals surface area contributed by atoms with E-state index in [1.807, 2.05) is 45.9 Å². The van der Waals surface area contributed by atoms with Crippen LogP contribution >= 0.6 is 27.3 Å². The minimum Gasteiger partial charge on any atom is -0.298 e. The third kappa shape index (κ3) is 5.91. The van der Waals surface area contributed by atoms with Crippen LogP contribution in [0.2, 0.25) is 0 Å². The van der Waals surface area contributed by atoms with Gasteiger partial charge in [-0.05, 0) is 54.3 Å². The molecule has 0 radical (unpaired) electrons. The first kappa shape index (κ1) is 23.8. The topological polar surface area (TPSA) is 79.4 Å². The molecule has 1 N–H and O–H groups in total. The molecule has 0 fully saturated rings. The highest BCUT2D eigenvalue weighted by Gasteiger charge is 2.26. The normalized spacial score (nSPS) is 12.3. The zero-order valence-electron chi connectivity index (χ0n) is 17.9. The predicted molar refractivity (Wildman–Crippen MR) is 130 cm³/mol. The summed E-state index contributed by atoms with van der Waals surface area (Å²) in [6.07, 6.45) is 0. The van der Waals surface area contributed by atoms with Gasteiger partial charge in [0.1, 0.15) is 0 Å². The maximum atomic E-state index is 13.1. The van der Waals surface area contributed by atoms with Crippen molar-refractivity contribution in [2.75, 3.05) is 18.4 Å². The van der Waals surface area contributed by atoms with Crippen molar-refractivity contribution in [2.45, 2.75) is 32.6 Å². The van der Waals surface area contributed by atoms with Crippen LogP contribution in [0.3, 0.4) is 0 Å². The van der Waals surface area contributed by atoms with Gasteiger partial charge >= 0.3 is 0 Å². The number of carbonyl (C=O) groups excluding carboxylic acids is 1.